The number of aryl methyl sites for hydroxylation is 1. The zero-order valence-electron chi connectivity index (χ0n) is 12.6. The van der Waals surface area contributed by atoms with Crippen molar-refractivity contribution < 1.29 is 4.79 Å². The van der Waals surface area contributed by atoms with Gasteiger partial charge >= 0.3 is 0 Å². The number of benzene rings is 1. The predicted octanol–water partition coefficient (Wildman–Crippen LogP) is 2.31. The van der Waals surface area contributed by atoms with E-state index in [1.54, 1.807) is 0 Å². The number of nitrogens with one attached hydrogen (secondary N) is 1. The van der Waals surface area contributed by atoms with E-state index in [9.17, 15) is 4.79 Å². The van der Waals surface area contributed by atoms with Crippen LogP contribution in [0.15, 0.2) is 24.3 Å². The van der Waals surface area contributed by atoms with E-state index in [2.05, 4.69) is 55.3 Å². The van der Waals surface area contributed by atoms with Crippen LogP contribution in [0.25, 0.3) is 0 Å². The van der Waals surface area contributed by atoms with Gasteiger partial charge in [0.15, 0.2) is 0 Å². The van der Waals surface area contributed by atoms with Gasteiger partial charge in [0, 0.05) is 31.1 Å². The van der Waals surface area contributed by atoms with Gasteiger partial charge in [-0.15, -0.1) is 0 Å². The molecule has 1 aliphatic heterocycles. The predicted molar refractivity (Wildman–Crippen MR) is 80.7 cm³/mol. The topological polar surface area (TPSA) is 32.3 Å². The molecule has 1 aromatic carbocycles. The standard InChI is InChI=1S/C17H24N2O/c1-11-6-4-5-7-14(11)15-8-16(15)17(20)19-9-12(2)18-13(3)10-19/h4-7,12-13,15-16,18H,8-10H2,1-3H3. The van der Waals surface area contributed by atoms with Gasteiger partial charge < -0.3 is 10.2 Å². The van der Waals surface area contributed by atoms with Crippen molar-refractivity contribution in [1.82, 2.24) is 10.2 Å². The molecule has 1 amide bonds. The summed E-state index contributed by atoms with van der Waals surface area (Å²) >= 11 is 0. The Labute approximate surface area is 121 Å². The van der Waals surface area contributed by atoms with Gasteiger partial charge in [-0.05, 0) is 44.2 Å². The molecule has 20 heavy (non-hydrogen) atoms. The fraction of sp³-hybridized carbons (Fsp3) is 0.588. The largest absolute Gasteiger partial charge is 0.339 e. The second-order valence-corrected chi connectivity index (χ2v) is 6.52. The Kier molecular flexibility index (Phi) is 3.55. The second-order valence-electron chi connectivity index (χ2n) is 6.52. The molecule has 3 rings (SSSR count). The lowest BCUT2D eigenvalue weighted by molar-refractivity contribution is -0.134. The molecular formula is C17H24N2O. The van der Waals surface area contributed by atoms with E-state index in [-0.39, 0.29) is 5.92 Å². The second kappa shape index (κ2) is 5.21. The minimum absolute atomic E-state index is 0.216. The smallest absolute Gasteiger partial charge is 0.226 e. The molecule has 3 nitrogen and oxygen atoms in total. The zero-order valence-corrected chi connectivity index (χ0v) is 12.6. The molecule has 2 aliphatic rings. The van der Waals surface area contributed by atoms with Gasteiger partial charge in [0.2, 0.25) is 5.91 Å². The fourth-order valence-electron chi connectivity index (χ4n) is 3.56. The molecule has 108 valence electrons. The molecule has 0 bridgehead atoms. The Hall–Kier alpha value is -1.35. The van der Waals surface area contributed by atoms with E-state index in [1.807, 2.05) is 0 Å². The van der Waals surface area contributed by atoms with Crippen molar-refractivity contribution in [3.05, 3.63) is 35.4 Å². The molecule has 2 fully saturated rings. The lowest BCUT2D eigenvalue weighted by Crippen LogP contribution is -2.56. The summed E-state index contributed by atoms with van der Waals surface area (Å²) in [6.45, 7) is 8.15. The number of rotatable bonds is 2. The molecule has 0 aromatic heterocycles. The summed E-state index contributed by atoms with van der Waals surface area (Å²) in [5.74, 6) is 1.02. The van der Waals surface area contributed by atoms with Gasteiger partial charge in [-0.1, -0.05) is 24.3 Å². The Bertz CT molecular complexity index is 503. The molecule has 4 atom stereocenters. The molecule has 0 spiro atoms. The molecule has 1 N–H and O–H groups in total. The van der Waals surface area contributed by atoms with Crippen LogP contribution in [0.1, 0.15) is 37.3 Å². The number of hydrogen-bond acceptors (Lipinski definition) is 2. The molecule has 1 heterocycles. The first-order chi connectivity index (χ1) is 9.56. The van der Waals surface area contributed by atoms with E-state index < -0.39 is 0 Å². The van der Waals surface area contributed by atoms with Crippen LogP contribution < -0.4 is 5.32 Å². The van der Waals surface area contributed by atoms with E-state index in [1.165, 1.54) is 11.1 Å². The van der Waals surface area contributed by atoms with Crippen molar-refractivity contribution >= 4 is 5.91 Å². The summed E-state index contributed by atoms with van der Waals surface area (Å²) in [7, 11) is 0. The van der Waals surface area contributed by atoms with Gasteiger partial charge in [0.1, 0.15) is 0 Å². The van der Waals surface area contributed by atoms with E-state index >= 15 is 0 Å². The van der Waals surface area contributed by atoms with Crippen LogP contribution in [-0.2, 0) is 4.79 Å². The van der Waals surface area contributed by atoms with Crippen LogP contribution in [0.2, 0.25) is 0 Å². The number of amides is 1. The van der Waals surface area contributed by atoms with Gasteiger partial charge in [-0.25, -0.2) is 0 Å². The van der Waals surface area contributed by atoms with E-state index in [4.69, 9.17) is 0 Å². The van der Waals surface area contributed by atoms with Crippen molar-refractivity contribution in [3.63, 3.8) is 0 Å². The SMILES string of the molecule is Cc1ccccc1C1CC1C(=O)N1CC(C)NC(C)C1. The minimum atomic E-state index is 0.216. The highest BCUT2D eigenvalue weighted by Crippen LogP contribution is 2.49. The zero-order chi connectivity index (χ0) is 14.3. The lowest BCUT2D eigenvalue weighted by Gasteiger charge is -2.36. The van der Waals surface area contributed by atoms with Gasteiger partial charge in [-0.3, -0.25) is 4.79 Å². The maximum absolute atomic E-state index is 12.6. The molecule has 1 aromatic rings. The number of piperazine rings is 1. The molecule has 1 saturated carbocycles. The Morgan fingerprint density at radius 1 is 1.20 bits per heavy atom. The third-order valence-corrected chi connectivity index (χ3v) is 4.56. The number of hydrogen-bond donors (Lipinski definition) is 1. The minimum Gasteiger partial charge on any atom is -0.339 e. The number of carbonyl (C=O) groups is 1. The molecule has 1 saturated heterocycles. The van der Waals surface area contributed by atoms with Crippen LogP contribution in [0.5, 0.6) is 0 Å². The van der Waals surface area contributed by atoms with Crippen LogP contribution in [0, 0.1) is 12.8 Å². The van der Waals surface area contributed by atoms with E-state index in [0.717, 1.165) is 19.5 Å². The van der Waals surface area contributed by atoms with Crippen LogP contribution >= 0.6 is 0 Å². The van der Waals surface area contributed by atoms with Crippen molar-refractivity contribution in [2.45, 2.75) is 45.2 Å². The monoisotopic (exact) mass is 272 g/mol. The summed E-state index contributed by atoms with van der Waals surface area (Å²) in [6, 6.07) is 9.27. The fourth-order valence-corrected chi connectivity index (χ4v) is 3.56. The highest BCUT2D eigenvalue weighted by atomic mass is 16.2. The molecule has 3 heteroatoms. The maximum Gasteiger partial charge on any atom is 0.226 e. The van der Waals surface area contributed by atoms with E-state index in [0.29, 0.717) is 23.9 Å². The summed E-state index contributed by atoms with van der Waals surface area (Å²) in [6.07, 6.45) is 1.02. The first kappa shape index (κ1) is 13.6. The molecule has 0 radical (unpaired) electrons. The average Bonchev–Trinajstić information content (AvgIpc) is 3.17. The third kappa shape index (κ3) is 2.59. The molecule has 4 unspecified atom stereocenters. The van der Waals surface area contributed by atoms with Crippen molar-refractivity contribution in [2.75, 3.05) is 13.1 Å². The van der Waals surface area contributed by atoms with Gasteiger partial charge in [0.25, 0.3) is 0 Å². The maximum atomic E-state index is 12.6. The van der Waals surface area contributed by atoms with Gasteiger partial charge in [-0.2, -0.15) is 0 Å². The van der Waals surface area contributed by atoms with Crippen LogP contribution in [-0.4, -0.2) is 36.0 Å². The van der Waals surface area contributed by atoms with Crippen molar-refractivity contribution in [2.24, 2.45) is 5.92 Å². The van der Waals surface area contributed by atoms with Crippen LogP contribution in [0.4, 0.5) is 0 Å². The van der Waals surface area contributed by atoms with Crippen molar-refractivity contribution in [1.29, 1.82) is 0 Å². The van der Waals surface area contributed by atoms with Gasteiger partial charge in [0.05, 0.1) is 0 Å². The summed E-state index contributed by atoms with van der Waals surface area (Å²) in [5, 5.41) is 3.48. The highest BCUT2D eigenvalue weighted by molar-refractivity contribution is 5.83. The Balaban J connectivity index is 1.67. The van der Waals surface area contributed by atoms with Crippen molar-refractivity contribution in [3.8, 4) is 0 Å². The quantitative estimate of drug-likeness (QED) is 0.896. The Morgan fingerprint density at radius 2 is 1.85 bits per heavy atom. The number of carbonyl (C=O) groups excluding carboxylic acids is 1. The molecular weight excluding hydrogens is 248 g/mol. The normalized spacial score (nSPS) is 33.0. The Morgan fingerprint density at radius 3 is 2.50 bits per heavy atom. The average molecular weight is 272 g/mol. The molecule has 1 aliphatic carbocycles. The first-order valence-corrected chi connectivity index (χ1v) is 7.66. The summed E-state index contributed by atoms with van der Waals surface area (Å²) in [4.78, 5) is 14.7. The first-order valence-electron chi connectivity index (χ1n) is 7.66. The summed E-state index contributed by atoms with van der Waals surface area (Å²) < 4.78 is 0. The third-order valence-electron chi connectivity index (χ3n) is 4.56. The number of nitrogens with zero attached hydrogens (tertiary/aromatic N) is 1. The summed E-state index contributed by atoms with van der Waals surface area (Å²) in [5.41, 5.74) is 2.68. The van der Waals surface area contributed by atoms with Crippen LogP contribution in [0.3, 0.4) is 0 Å². The lowest BCUT2D eigenvalue weighted by atomic mass is 10.0. The highest BCUT2D eigenvalue weighted by Gasteiger charge is 2.46.